The van der Waals surface area contributed by atoms with Gasteiger partial charge in [-0.25, -0.2) is 9.97 Å². The molecular formula is C35H42ClN3O6S. The number of aromatic nitrogens is 2. The van der Waals surface area contributed by atoms with E-state index in [1.807, 2.05) is 23.6 Å². The summed E-state index contributed by atoms with van der Waals surface area (Å²) in [6.07, 6.45) is 8.52. The van der Waals surface area contributed by atoms with Gasteiger partial charge in [0.25, 0.3) is 0 Å². The van der Waals surface area contributed by atoms with Crippen molar-refractivity contribution in [2.75, 3.05) is 13.7 Å². The Kier molecular flexibility index (Phi) is 10.4. The molecule has 1 aromatic carbocycles. The molecule has 0 bridgehead atoms. The average Bonchev–Trinajstić information content (AvgIpc) is 3.35. The minimum atomic E-state index is -0.737. The summed E-state index contributed by atoms with van der Waals surface area (Å²) in [6, 6.07) is 4.96. The molecule has 2 aromatic heterocycles. The number of benzene rings is 1. The lowest BCUT2D eigenvalue weighted by Gasteiger charge is -2.22. The maximum atomic E-state index is 13.3. The van der Waals surface area contributed by atoms with Crippen LogP contribution in [-0.2, 0) is 14.4 Å². The summed E-state index contributed by atoms with van der Waals surface area (Å²) in [5, 5.41) is 13.1. The number of methoxy groups -OCH3 is 1. The zero-order chi connectivity index (χ0) is 33.2. The van der Waals surface area contributed by atoms with Crippen molar-refractivity contribution in [3.05, 3.63) is 46.4 Å². The molecular weight excluding hydrogens is 626 g/mol. The van der Waals surface area contributed by atoms with E-state index in [0.717, 1.165) is 36.4 Å². The second-order valence-corrected chi connectivity index (χ2v) is 14.2. The number of rotatable bonds is 14. The first-order valence-electron chi connectivity index (χ1n) is 15.9. The Labute approximate surface area is 279 Å². The number of carboxylic acid groups (broad SMARTS) is 1. The maximum Gasteiger partial charge on any atom is 0.309 e. The van der Waals surface area contributed by atoms with Crippen LogP contribution in [0, 0.1) is 11.3 Å². The number of aliphatic carboxylic acids is 1. The number of Topliss-reactive ketones (excluding diaryl/α,β-unsaturated/α-hetero) is 1. The number of likely N-dealkylation sites (tertiary alicyclic amines) is 1. The molecule has 9 nitrogen and oxygen atoms in total. The Bertz CT molecular complexity index is 1650. The summed E-state index contributed by atoms with van der Waals surface area (Å²) in [5.41, 5.74) is 1.53. The van der Waals surface area contributed by atoms with E-state index in [0.29, 0.717) is 58.9 Å². The van der Waals surface area contributed by atoms with Gasteiger partial charge in [0, 0.05) is 29.7 Å². The van der Waals surface area contributed by atoms with Crippen molar-refractivity contribution in [3.63, 3.8) is 0 Å². The van der Waals surface area contributed by atoms with Crippen LogP contribution in [0.1, 0.15) is 84.3 Å². The third-order valence-electron chi connectivity index (χ3n) is 9.17. The Morgan fingerprint density at radius 3 is 2.63 bits per heavy atom. The molecule has 3 aromatic rings. The molecule has 2 fully saturated rings. The van der Waals surface area contributed by atoms with Crippen LogP contribution in [0.2, 0.25) is 5.02 Å². The van der Waals surface area contributed by atoms with Gasteiger partial charge in [-0.2, -0.15) is 0 Å². The van der Waals surface area contributed by atoms with Gasteiger partial charge in [-0.05, 0) is 63.5 Å². The molecule has 0 unspecified atom stereocenters. The van der Waals surface area contributed by atoms with Gasteiger partial charge in [-0.1, -0.05) is 44.0 Å². The number of carbonyl (C=O) groups is 3. The van der Waals surface area contributed by atoms with E-state index in [4.69, 9.17) is 31.0 Å². The number of ketones is 1. The highest BCUT2D eigenvalue weighted by atomic mass is 35.5. The van der Waals surface area contributed by atoms with Crippen molar-refractivity contribution in [3.8, 4) is 22.2 Å². The lowest BCUT2D eigenvalue weighted by atomic mass is 10.1. The molecule has 1 saturated heterocycles. The van der Waals surface area contributed by atoms with Crippen molar-refractivity contribution in [1.82, 2.24) is 14.9 Å². The van der Waals surface area contributed by atoms with Gasteiger partial charge in [0.1, 0.15) is 33.3 Å². The van der Waals surface area contributed by atoms with Crippen LogP contribution in [0.15, 0.2) is 35.7 Å². The number of halogens is 1. The van der Waals surface area contributed by atoms with Gasteiger partial charge >= 0.3 is 5.97 Å². The van der Waals surface area contributed by atoms with E-state index in [1.165, 1.54) is 18.3 Å². The molecule has 46 heavy (non-hydrogen) atoms. The third kappa shape index (κ3) is 7.23. The average molecular weight is 668 g/mol. The minimum absolute atomic E-state index is 0.0471. The highest BCUT2D eigenvalue weighted by Gasteiger charge is 2.54. The van der Waals surface area contributed by atoms with Gasteiger partial charge in [0.05, 0.1) is 36.3 Å². The Balaban J connectivity index is 1.24. The number of thiazole rings is 1. The number of nitrogens with zero attached hydrogens (tertiary/aromatic N) is 3. The maximum absolute atomic E-state index is 13.3. The molecule has 1 saturated carbocycles. The van der Waals surface area contributed by atoms with Crippen LogP contribution >= 0.6 is 22.9 Å². The van der Waals surface area contributed by atoms with Gasteiger partial charge in [-0.3, -0.25) is 14.4 Å². The molecule has 3 heterocycles. The van der Waals surface area contributed by atoms with E-state index in [9.17, 15) is 19.5 Å². The van der Waals surface area contributed by atoms with Gasteiger partial charge < -0.3 is 19.5 Å². The standard InChI is InChI=1S/C35H42ClN3O6S/c1-20(2)26-19-46-33(38-26)25-16-29(24-13-14-28(44-5)31(36)32(24)37-25)45-23-15-27(21(3)40)39(18-23)30(41)12-10-8-6-7-9-11-22-17-35(22,4)34(42)43/h9,11,13-14,16,19-20,22-23,27H,6-8,10,12,15,17-18H2,1-5H3,(H,42,43)/b11-9-/t22-,23-,27+,35+/m1/s1. The van der Waals surface area contributed by atoms with Crippen LogP contribution in [0.4, 0.5) is 0 Å². The van der Waals surface area contributed by atoms with Crippen LogP contribution in [0.25, 0.3) is 21.6 Å². The van der Waals surface area contributed by atoms with Crippen molar-refractivity contribution < 1.29 is 29.0 Å². The van der Waals surface area contributed by atoms with Gasteiger partial charge in [0.2, 0.25) is 5.91 Å². The summed E-state index contributed by atoms with van der Waals surface area (Å²) in [7, 11) is 1.56. The number of amides is 1. The number of allylic oxidation sites excluding steroid dienone is 2. The number of carbonyl (C=O) groups excluding carboxylic acids is 2. The second kappa shape index (κ2) is 14.1. The lowest BCUT2D eigenvalue weighted by molar-refractivity contribution is -0.143. The Morgan fingerprint density at radius 2 is 1.98 bits per heavy atom. The minimum Gasteiger partial charge on any atom is -0.495 e. The van der Waals surface area contributed by atoms with E-state index in [2.05, 4.69) is 19.9 Å². The highest BCUT2D eigenvalue weighted by molar-refractivity contribution is 7.13. The molecule has 246 valence electrons. The highest BCUT2D eigenvalue weighted by Crippen LogP contribution is 2.53. The number of fused-ring (bicyclic) bond motifs is 1. The predicted octanol–water partition coefficient (Wildman–Crippen LogP) is 7.70. The van der Waals surface area contributed by atoms with Crippen molar-refractivity contribution >= 4 is 51.5 Å². The fourth-order valence-electron chi connectivity index (χ4n) is 6.01. The monoisotopic (exact) mass is 667 g/mol. The Hall–Kier alpha value is -3.50. The molecule has 0 radical (unpaired) electrons. The quantitative estimate of drug-likeness (QED) is 0.137. The number of hydrogen-bond donors (Lipinski definition) is 1. The normalized spacial score (nSPS) is 22.6. The first-order valence-corrected chi connectivity index (χ1v) is 17.2. The second-order valence-electron chi connectivity index (χ2n) is 12.9. The SMILES string of the molecule is COc1ccc2c(O[C@@H]3C[C@@H](C(C)=O)N(C(=O)CCCCC/C=C\[C@@H]4C[C@]4(C)C(=O)O)C3)cc(-c3nc(C(C)C)cs3)nc2c1Cl. The van der Waals surface area contributed by atoms with Crippen LogP contribution in [-0.4, -0.2) is 63.4 Å². The molecule has 2 aliphatic rings. The summed E-state index contributed by atoms with van der Waals surface area (Å²) >= 11 is 8.23. The summed E-state index contributed by atoms with van der Waals surface area (Å²) in [6.45, 7) is 7.80. The number of unbranched alkanes of at least 4 members (excludes halogenated alkanes) is 3. The Morgan fingerprint density at radius 1 is 1.20 bits per heavy atom. The summed E-state index contributed by atoms with van der Waals surface area (Å²) < 4.78 is 12.0. The van der Waals surface area contributed by atoms with E-state index in [-0.39, 0.29) is 29.6 Å². The number of carboxylic acids is 1. The topological polar surface area (TPSA) is 119 Å². The predicted molar refractivity (Wildman–Crippen MR) is 180 cm³/mol. The number of ether oxygens (including phenoxy) is 2. The zero-order valence-corrected chi connectivity index (χ0v) is 28.6. The molecule has 1 amide bonds. The molecule has 11 heteroatoms. The molecule has 5 rings (SSSR count). The fourth-order valence-corrected chi connectivity index (χ4v) is 7.23. The summed E-state index contributed by atoms with van der Waals surface area (Å²) in [5.74, 6) is 0.610. The molecule has 4 atom stereocenters. The van der Waals surface area contributed by atoms with Crippen molar-refractivity contribution in [2.45, 2.75) is 90.7 Å². The van der Waals surface area contributed by atoms with E-state index in [1.54, 1.807) is 25.0 Å². The van der Waals surface area contributed by atoms with E-state index < -0.39 is 17.4 Å². The van der Waals surface area contributed by atoms with Crippen molar-refractivity contribution in [1.29, 1.82) is 0 Å². The zero-order valence-electron chi connectivity index (χ0n) is 27.0. The largest absolute Gasteiger partial charge is 0.495 e. The van der Waals surface area contributed by atoms with Crippen LogP contribution in [0.5, 0.6) is 11.5 Å². The van der Waals surface area contributed by atoms with Gasteiger partial charge in [-0.15, -0.1) is 11.3 Å². The third-order valence-corrected chi connectivity index (χ3v) is 10.4. The number of hydrogen-bond acceptors (Lipinski definition) is 8. The lowest BCUT2D eigenvalue weighted by Crippen LogP contribution is -2.39. The molecule has 1 aliphatic carbocycles. The van der Waals surface area contributed by atoms with Gasteiger partial charge in [0.15, 0.2) is 5.78 Å². The first kappa shape index (κ1) is 33.9. The number of pyridine rings is 1. The van der Waals surface area contributed by atoms with Crippen molar-refractivity contribution in [2.24, 2.45) is 11.3 Å². The smallest absolute Gasteiger partial charge is 0.309 e. The van der Waals surface area contributed by atoms with E-state index >= 15 is 0 Å². The van der Waals surface area contributed by atoms with Crippen LogP contribution in [0.3, 0.4) is 0 Å². The first-order chi connectivity index (χ1) is 21.9. The molecule has 1 aliphatic heterocycles. The fraction of sp³-hybridized carbons (Fsp3) is 0.514. The molecule has 1 N–H and O–H groups in total. The van der Waals surface area contributed by atoms with Crippen LogP contribution < -0.4 is 9.47 Å². The molecule has 0 spiro atoms. The summed E-state index contributed by atoms with van der Waals surface area (Å²) in [4.78, 5) is 48.5.